The first-order valence-electron chi connectivity index (χ1n) is 13.5. The lowest BCUT2D eigenvalue weighted by Gasteiger charge is -2.29. The van der Waals surface area contributed by atoms with E-state index in [1.54, 1.807) is 17.0 Å². The van der Waals surface area contributed by atoms with E-state index in [2.05, 4.69) is 20.3 Å². The number of pyridine rings is 2. The fourth-order valence-corrected chi connectivity index (χ4v) is 5.85. The molecule has 4 heterocycles. The summed E-state index contributed by atoms with van der Waals surface area (Å²) < 4.78 is 30.3. The summed E-state index contributed by atoms with van der Waals surface area (Å²) in [5.74, 6) is -0.383. The second-order valence-electron chi connectivity index (χ2n) is 10.3. The highest BCUT2D eigenvalue weighted by molar-refractivity contribution is 6.30. The predicted molar refractivity (Wildman–Crippen MR) is 154 cm³/mol. The number of aromatic nitrogens is 4. The van der Waals surface area contributed by atoms with Crippen LogP contribution in [0.3, 0.4) is 0 Å². The highest BCUT2D eigenvalue weighted by atomic mass is 35.5. The van der Waals surface area contributed by atoms with E-state index in [0.717, 1.165) is 47.0 Å². The van der Waals surface area contributed by atoms with Crippen LogP contribution >= 0.6 is 11.6 Å². The average Bonchev–Trinajstić information content (AvgIpc) is 3.61. The lowest BCUT2D eigenvalue weighted by molar-refractivity contribution is 0.0904. The Balaban J connectivity index is 1.19. The maximum absolute atomic E-state index is 13.8. The normalized spacial score (nSPS) is 18.7. The zero-order chi connectivity index (χ0) is 28.5. The number of imidazole rings is 1. The predicted octanol–water partition coefficient (Wildman–Crippen LogP) is 5.63. The Hall–Kier alpha value is -4.18. The molecule has 4 aromatic rings. The number of nitrogens with zero attached hydrogens (tertiary/aromatic N) is 5. The molecular formula is C30H27ClF2N6O2. The van der Waals surface area contributed by atoms with Gasteiger partial charge >= 0.3 is 5.69 Å². The number of para-hydroxylation sites is 2. The molecule has 210 valence electrons. The fraction of sp³-hybridized carbons (Fsp3) is 0.300. The van der Waals surface area contributed by atoms with E-state index >= 15 is 0 Å². The van der Waals surface area contributed by atoms with Crippen LogP contribution < -0.4 is 11.0 Å². The van der Waals surface area contributed by atoms with Crippen molar-refractivity contribution in [1.82, 2.24) is 24.4 Å². The molecule has 0 saturated heterocycles. The van der Waals surface area contributed by atoms with Crippen LogP contribution in [0, 0.1) is 5.92 Å². The van der Waals surface area contributed by atoms with Crippen LogP contribution in [0.4, 0.5) is 8.78 Å². The van der Waals surface area contributed by atoms with Crippen LogP contribution in [0.1, 0.15) is 53.9 Å². The summed E-state index contributed by atoms with van der Waals surface area (Å²) in [6, 6.07) is 12.5. The minimum atomic E-state index is -2.88. The van der Waals surface area contributed by atoms with Gasteiger partial charge in [0.1, 0.15) is 5.69 Å². The van der Waals surface area contributed by atoms with Crippen LogP contribution in [0.2, 0.25) is 5.02 Å². The van der Waals surface area contributed by atoms with E-state index in [9.17, 15) is 18.4 Å². The number of hydrogen-bond donors (Lipinski definition) is 1. The monoisotopic (exact) mass is 576 g/mol. The van der Waals surface area contributed by atoms with Crippen molar-refractivity contribution in [1.29, 1.82) is 0 Å². The van der Waals surface area contributed by atoms with Gasteiger partial charge in [-0.1, -0.05) is 29.8 Å². The molecule has 6 rings (SSSR count). The molecule has 1 aromatic carbocycles. The fourth-order valence-electron chi connectivity index (χ4n) is 5.69. The summed E-state index contributed by atoms with van der Waals surface area (Å²) in [6.07, 6.45) is 6.63. The van der Waals surface area contributed by atoms with Crippen LogP contribution in [0.25, 0.3) is 22.3 Å². The van der Waals surface area contributed by atoms with E-state index in [0.29, 0.717) is 25.9 Å². The lowest BCUT2D eigenvalue weighted by Crippen LogP contribution is -2.39. The first-order chi connectivity index (χ1) is 19.9. The van der Waals surface area contributed by atoms with Gasteiger partial charge in [0, 0.05) is 36.8 Å². The van der Waals surface area contributed by atoms with Crippen LogP contribution in [0.5, 0.6) is 0 Å². The van der Waals surface area contributed by atoms with Gasteiger partial charge < -0.3 is 5.32 Å². The zero-order valence-electron chi connectivity index (χ0n) is 22.0. The van der Waals surface area contributed by atoms with Crippen LogP contribution in [0.15, 0.2) is 70.7 Å². The van der Waals surface area contributed by atoms with Gasteiger partial charge in [0.2, 0.25) is 0 Å². The van der Waals surface area contributed by atoms with Crippen molar-refractivity contribution in [3.05, 3.63) is 93.4 Å². The Labute approximate surface area is 239 Å². The lowest BCUT2D eigenvalue weighted by atomic mass is 9.85. The minimum Gasteiger partial charge on any atom is -0.349 e. The van der Waals surface area contributed by atoms with Crippen LogP contribution in [-0.2, 0) is 6.54 Å². The van der Waals surface area contributed by atoms with E-state index < -0.39 is 18.0 Å². The number of hydrogen-bond acceptors (Lipinski definition) is 5. The quantitative estimate of drug-likeness (QED) is 0.308. The number of fused-ring (bicyclic) bond motifs is 1. The summed E-state index contributed by atoms with van der Waals surface area (Å²) in [5.41, 5.74) is 3.19. The molecule has 0 bridgehead atoms. The van der Waals surface area contributed by atoms with Crippen molar-refractivity contribution in [3.63, 3.8) is 0 Å². The third-order valence-electron chi connectivity index (χ3n) is 7.74. The number of benzene rings is 1. The molecule has 0 spiro atoms. The van der Waals surface area contributed by atoms with Gasteiger partial charge in [0.15, 0.2) is 0 Å². The van der Waals surface area contributed by atoms with Gasteiger partial charge in [-0.05, 0) is 61.9 Å². The first-order valence-corrected chi connectivity index (χ1v) is 13.9. The molecule has 1 saturated carbocycles. The third kappa shape index (κ3) is 5.44. The number of allylic oxidation sites excluding steroid dienone is 1. The molecule has 0 radical (unpaired) electrons. The maximum Gasteiger partial charge on any atom is 0.333 e. The number of halogens is 3. The van der Waals surface area contributed by atoms with Crippen molar-refractivity contribution < 1.29 is 13.6 Å². The highest BCUT2D eigenvalue weighted by Crippen LogP contribution is 2.29. The maximum atomic E-state index is 13.8. The molecule has 41 heavy (non-hydrogen) atoms. The SMILES string of the molecule is O=C(NC1CCC(Cn2c(=O)n(-c3ccnc(C4=CCN=C4)c3)c3ccccc32)CC1)c1cc(Cl)cnc1C(F)F. The minimum absolute atomic E-state index is 0.124. The van der Waals surface area contributed by atoms with Crippen molar-refractivity contribution in [2.24, 2.45) is 10.9 Å². The molecule has 3 aromatic heterocycles. The summed E-state index contributed by atoms with van der Waals surface area (Å²) >= 11 is 5.91. The molecular weight excluding hydrogens is 550 g/mol. The smallest absolute Gasteiger partial charge is 0.333 e. The first kappa shape index (κ1) is 27.0. The number of rotatable bonds is 7. The number of carbonyl (C=O) groups excluding carboxylic acids is 1. The number of aliphatic imine (C=N–C) groups is 1. The third-order valence-corrected chi connectivity index (χ3v) is 7.95. The van der Waals surface area contributed by atoms with Gasteiger partial charge in [-0.15, -0.1) is 0 Å². The summed E-state index contributed by atoms with van der Waals surface area (Å²) in [7, 11) is 0. The van der Waals surface area contributed by atoms with E-state index in [1.807, 2.05) is 47.0 Å². The van der Waals surface area contributed by atoms with Gasteiger partial charge in [-0.3, -0.25) is 28.9 Å². The van der Waals surface area contributed by atoms with Gasteiger partial charge in [0.05, 0.1) is 39.5 Å². The molecule has 1 fully saturated rings. The second-order valence-corrected chi connectivity index (χ2v) is 10.8. The standard InChI is InChI=1S/C30H27ClF2N6O2/c31-20-13-23(27(28(32)33)36-16-20)29(40)37-21-7-5-18(6-8-21)17-38-25-3-1-2-4-26(25)39(30(38)41)22-10-12-35-24(14-22)19-9-11-34-15-19/h1-4,9-10,12-16,18,21,28H,5-8,11,17H2,(H,37,40). The Kier molecular flexibility index (Phi) is 7.49. The molecule has 0 unspecified atom stereocenters. The second kappa shape index (κ2) is 11.4. The number of carbonyl (C=O) groups is 1. The summed E-state index contributed by atoms with van der Waals surface area (Å²) in [5, 5.41) is 3.00. The molecule has 11 heteroatoms. The molecule has 0 atom stereocenters. The van der Waals surface area contributed by atoms with E-state index in [1.165, 1.54) is 6.07 Å². The molecule has 8 nitrogen and oxygen atoms in total. The average molecular weight is 577 g/mol. The number of amides is 1. The zero-order valence-corrected chi connectivity index (χ0v) is 22.8. The molecule has 2 aliphatic rings. The van der Waals surface area contributed by atoms with Crippen molar-refractivity contribution in [2.75, 3.05) is 6.54 Å². The number of alkyl halides is 2. The van der Waals surface area contributed by atoms with Crippen LogP contribution in [-0.4, -0.2) is 43.8 Å². The van der Waals surface area contributed by atoms with Gasteiger partial charge in [0.25, 0.3) is 12.3 Å². The number of nitrogens with one attached hydrogen (secondary N) is 1. The van der Waals surface area contributed by atoms with E-state index in [4.69, 9.17) is 11.6 Å². The van der Waals surface area contributed by atoms with E-state index in [-0.39, 0.29) is 28.2 Å². The molecule has 1 amide bonds. The van der Waals surface area contributed by atoms with Gasteiger partial charge in [-0.2, -0.15) is 0 Å². The summed E-state index contributed by atoms with van der Waals surface area (Å²) in [4.78, 5) is 38.9. The van der Waals surface area contributed by atoms with Crippen molar-refractivity contribution in [2.45, 2.75) is 44.7 Å². The molecule has 1 aliphatic heterocycles. The molecule has 1 aliphatic carbocycles. The largest absolute Gasteiger partial charge is 0.349 e. The van der Waals surface area contributed by atoms with Gasteiger partial charge in [-0.25, -0.2) is 13.6 Å². The Morgan fingerprint density at radius 3 is 2.59 bits per heavy atom. The molecule has 1 N–H and O–H groups in total. The Morgan fingerprint density at radius 2 is 1.85 bits per heavy atom. The Morgan fingerprint density at radius 1 is 1.07 bits per heavy atom. The van der Waals surface area contributed by atoms with Crippen molar-refractivity contribution in [3.8, 4) is 5.69 Å². The topological polar surface area (TPSA) is 94.2 Å². The van der Waals surface area contributed by atoms with Crippen molar-refractivity contribution >= 4 is 40.3 Å². The Bertz CT molecular complexity index is 1740. The summed E-state index contributed by atoms with van der Waals surface area (Å²) in [6.45, 7) is 1.16. The highest BCUT2D eigenvalue weighted by Gasteiger charge is 2.27.